The van der Waals surface area contributed by atoms with Crippen molar-refractivity contribution in [3.63, 3.8) is 0 Å². The normalized spacial score (nSPS) is 22.2. The Morgan fingerprint density at radius 3 is 1.92 bits per heavy atom. The molecule has 0 spiro atoms. The molecule has 0 aromatic rings. The van der Waals surface area contributed by atoms with Crippen molar-refractivity contribution in [3.8, 4) is 0 Å². The lowest BCUT2D eigenvalue weighted by atomic mass is 10.0. The summed E-state index contributed by atoms with van der Waals surface area (Å²) in [6.07, 6.45) is 2.28. The second kappa shape index (κ2) is 10.5. The minimum absolute atomic E-state index is 0.0295. The van der Waals surface area contributed by atoms with Gasteiger partial charge in [-0.3, -0.25) is 4.57 Å². The fraction of sp³-hybridized carbons (Fsp3) is 0.647. The molecular formula is C17H27O8P. The van der Waals surface area contributed by atoms with Gasteiger partial charge < -0.3 is 23.6 Å². The molecule has 0 fully saturated rings. The molecule has 0 bridgehead atoms. The van der Waals surface area contributed by atoms with Crippen LogP contribution in [0, 0.1) is 0 Å². The first kappa shape index (κ1) is 22.4. The monoisotopic (exact) mass is 390 g/mol. The van der Waals surface area contributed by atoms with Gasteiger partial charge in [-0.25, -0.2) is 9.59 Å². The van der Waals surface area contributed by atoms with Gasteiger partial charge in [-0.1, -0.05) is 6.42 Å². The van der Waals surface area contributed by atoms with Crippen molar-refractivity contribution in [2.75, 3.05) is 27.4 Å². The van der Waals surface area contributed by atoms with Crippen molar-refractivity contribution in [1.29, 1.82) is 0 Å². The van der Waals surface area contributed by atoms with Crippen LogP contribution in [-0.4, -0.2) is 44.5 Å². The summed E-state index contributed by atoms with van der Waals surface area (Å²) in [6, 6.07) is 0. The molecule has 9 heteroatoms. The van der Waals surface area contributed by atoms with E-state index in [0.29, 0.717) is 19.3 Å². The fourth-order valence-electron chi connectivity index (χ4n) is 2.75. The largest absolute Gasteiger partial charge is 0.511 e. The van der Waals surface area contributed by atoms with Crippen molar-refractivity contribution in [2.24, 2.45) is 0 Å². The zero-order valence-electron chi connectivity index (χ0n) is 15.7. The van der Waals surface area contributed by atoms with Crippen LogP contribution < -0.4 is 0 Å². The summed E-state index contributed by atoms with van der Waals surface area (Å²) in [5, 5.41) is 10.5. The number of allylic oxidation sites excluding steroid dienone is 2. The molecule has 0 aliphatic heterocycles. The molecule has 1 rings (SSSR count). The van der Waals surface area contributed by atoms with Crippen LogP contribution in [-0.2, 0) is 32.7 Å². The Hall–Kier alpha value is -1.63. The average Bonchev–Trinajstić information content (AvgIpc) is 2.69. The van der Waals surface area contributed by atoms with Crippen LogP contribution in [0.3, 0.4) is 0 Å². The van der Waals surface area contributed by atoms with Gasteiger partial charge in [0.25, 0.3) is 0 Å². The van der Waals surface area contributed by atoms with E-state index in [4.69, 9.17) is 18.5 Å². The van der Waals surface area contributed by atoms with Crippen molar-refractivity contribution in [3.05, 3.63) is 22.2 Å². The van der Waals surface area contributed by atoms with Gasteiger partial charge in [-0.15, -0.1) is 0 Å². The van der Waals surface area contributed by atoms with Gasteiger partial charge in [-0.2, -0.15) is 0 Å². The molecule has 0 aromatic heterocycles. The van der Waals surface area contributed by atoms with Crippen LogP contribution in [0.15, 0.2) is 22.2 Å². The number of carbonyl (C=O) groups is 2. The topological polar surface area (TPSA) is 108 Å². The Balaban J connectivity index is 3.83. The van der Waals surface area contributed by atoms with Crippen molar-refractivity contribution in [1.82, 2.24) is 0 Å². The highest BCUT2D eigenvalue weighted by atomic mass is 31.2. The van der Waals surface area contributed by atoms with E-state index in [9.17, 15) is 19.3 Å². The minimum atomic E-state index is -3.87. The van der Waals surface area contributed by atoms with Crippen LogP contribution in [0.25, 0.3) is 0 Å². The third kappa shape index (κ3) is 5.19. The summed E-state index contributed by atoms with van der Waals surface area (Å²) in [7, 11) is -1.60. The van der Waals surface area contributed by atoms with E-state index in [1.54, 1.807) is 13.8 Å². The number of hydrogen-bond donors (Lipinski definition) is 1. The third-order valence-electron chi connectivity index (χ3n) is 3.86. The Kier molecular flexibility index (Phi) is 9.05. The quantitative estimate of drug-likeness (QED) is 0.519. The molecule has 0 aromatic carbocycles. The van der Waals surface area contributed by atoms with E-state index in [0.717, 1.165) is 14.2 Å². The molecule has 0 saturated heterocycles. The summed E-state index contributed by atoms with van der Waals surface area (Å²) >= 11 is 0. The Morgan fingerprint density at radius 2 is 1.42 bits per heavy atom. The molecule has 0 heterocycles. The second-order valence-corrected chi connectivity index (χ2v) is 7.57. The summed E-state index contributed by atoms with van der Waals surface area (Å²) in [6.45, 7) is 3.46. The van der Waals surface area contributed by atoms with E-state index < -0.39 is 19.5 Å². The van der Waals surface area contributed by atoms with Crippen molar-refractivity contribution >= 4 is 19.5 Å². The Labute approximate surface area is 153 Å². The summed E-state index contributed by atoms with van der Waals surface area (Å²) < 4.78 is 33.7. The maximum absolute atomic E-state index is 13.4. The summed E-state index contributed by atoms with van der Waals surface area (Å²) in [5.41, 5.74) is -0.653. The number of ether oxygens (including phenoxy) is 2. The predicted octanol–water partition coefficient (Wildman–Crippen LogP) is 3.63. The molecule has 0 atom stereocenters. The van der Waals surface area contributed by atoms with Gasteiger partial charge >= 0.3 is 19.5 Å². The third-order valence-corrected chi connectivity index (χ3v) is 6.17. The highest BCUT2D eigenvalue weighted by molar-refractivity contribution is 7.58. The first-order chi connectivity index (χ1) is 12.4. The smallest absolute Gasteiger partial charge is 0.358 e. The van der Waals surface area contributed by atoms with Gasteiger partial charge in [0.1, 0.15) is 11.3 Å². The van der Waals surface area contributed by atoms with Crippen LogP contribution in [0.4, 0.5) is 0 Å². The fourth-order valence-corrected chi connectivity index (χ4v) is 4.73. The van der Waals surface area contributed by atoms with E-state index in [1.807, 2.05) is 0 Å². The molecule has 0 saturated carbocycles. The number of aliphatic hydroxyl groups is 1. The van der Waals surface area contributed by atoms with Crippen LogP contribution in [0.5, 0.6) is 0 Å². The molecule has 1 aliphatic carbocycles. The number of esters is 2. The highest BCUT2D eigenvalue weighted by Crippen LogP contribution is 2.60. The minimum Gasteiger partial charge on any atom is -0.511 e. The summed E-state index contributed by atoms with van der Waals surface area (Å²) in [5.74, 6) is -2.13. The first-order valence-electron chi connectivity index (χ1n) is 8.58. The van der Waals surface area contributed by atoms with Gasteiger partial charge in [0.15, 0.2) is 0 Å². The number of methoxy groups -OCH3 is 2. The summed E-state index contributed by atoms with van der Waals surface area (Å²) in [4.78, 5) is 24.8. The van der Waals surface area contributed by atoms with Crippen molar-refractivity contribution in [2.45, 2.75) is 46.0 Å². The molecule has 8 nitrogen and oxygen atoms in total. The first-order valence-corrected chi connectivity index (χ1v) is 10.1. The lowest BCUT2D eigenvalue weighted by Gasteiger charge is -2.23. The maximum atomic E-state index is 13.4. The van der Waals surface area contributed by atoms with Crippen molar-refractivity contribution < 1.29 is 37.8 Å². The van der Waals surface area contributed by atoms with E-state index >= 15 is 0 Å². The van der Waals surface area contributed by atoms with E-state index in [-0.39, 0.29) is 48.3 Å². The molecule has 0 radical (unpaired) electrons. The second-order valence-electron chi connectivity index (χ2n) is 5.52. The number of carbonyl (C=O) groups excluding carboxylic acids is 2. The van der Waals surface area contributed by atoms with Crippen LogP contribution in [0.1, 0.15) is 46.0 Å². The molecule has 1 N–H and O–H groups in total. The number of rotatable bonds is 7. The van der Waals surface area contributed by atoms with E-state index in [2.05, 4.69) is 0 Å². The zero-order chi connectivity index (χ0) is 19.7. The van der Waals surface area contributed by atoms with Gasteiger partial charge in [0.05, 0.1) is 38.3 Å². The molecule has 1 aliphatic rings. The lowest BCUT2D eigenvalue weighted by molar-refractivity contribution is -0.139. The number of hydrogen-bond acceptors (Lipinski definition) is 8. The zero-order valence-corrected chi connectivity index (χ0v) is 16.6. The highest BCUT2D eigenvalue weighted by Gasteiger charge is 2.39. The Bertz CT molecular complexity index is 625. The molecular weight excluding hydrogens is 363 g/mol. The maximum Gasteiger partial charge on any atom is 0.358 e. The standard InChI is InChI=1S/C17H27O8P/c1-5-24-26(21,25-6-2)13-11-9-7-8-10-12(18)14(16(19)22-3)15(13)17(20)23-4/h18H,5-11H2,1-4H3/b14-12-,15-13-. The molecule has 26 heavy (non-hydrogen) atoms. The van der Waals surface area contributed by atoms with Gasteiger partial charge in [-0.05, 0) is 33.1 Å². The molecule has 0 amide bonds. The van der Waals surface area contributed by atoms with Gasteiger partial charge in [0.2, 0.25) is 0 Å². The average molecular weight is 390 g/mol. The lowest BCUT2D eigenvalue weighted by Crippen LogP contribution is -2.20. The SMILES string of the molecule is CCOP(=O)(OCC)/C1=C(C(=O)OC)/C(C(=O)OC)=C(/O)CCCCC1. The van der Waals surface area contributed by atoms with E-state index in [1.165, 1.54) is 0 Å². The molecule has 0 unspecified atom stereocenters. The predicted molar refractivity (Wildman–Crippen MR) is 94.7 cm³/mol. The van der Waals surface area contributed by atoms with Crippen LogP contribution in [0.2, 0.25) is 0 Å². The Morgan fingerprint density at radius 1 is 0.923 bits per heavy atom. The van der Waals surface area contributed by atoms with Crippen LogP contribution >= 0.6 is 7.60 Å². The van der Waals surface area contributed by atoms with Gasteiger partial charge in [0, 0.05) is 6.42 Å². The number of aliphatic hydroxyl groups excluding tert-OH is 1. The molecule has 148 valence electrons.